The molecule has 10 atom stereocenters. The molecule has 0 unspecified atom stereocenters. The Morgan fingerprint density at radius 2 is 1.39 bits per heavy atom. The number of carbonyl (C=O) groups is 3. The maximum atomic E-state index is 14.7. The van der Waals surface area contributed by atoms with Gasteiger partial charge in [-0.3, -0.25) is 14.4 Å². The number of carbonyl (C=O) groups excluding carboxylic acids is 2. The average Bonchev–Trinajstić information content (AvgIpc) is 3.07. The molecule has 262 valence electrons. The molecular weight excluding hydrogens is 612 g/mol. The Kier molecular flexibility index (Phi) is 7.95. The molecule has 2 N–H and O–H groups in total. The second-order valence-corrected chi connectivity index (χ2v) is 18.0. The molecule has 5 aliphatic carbocycles. The molecule has 49 heavy (non-hydrogen) atoms. The smallest absolute Gasteiger partial charge is 0.312 e. The van der Waals surface area contributed by atoms with Crippen LogP contribution in [0.1, 0.15) is 117 Å². The molecule has 6 heteroatoms. The molecule has 4 fully saturated rings. The van der Waals surface area contributed by atoms with Crippen LogP contribution in [0.4, 0.5) is 0 Å². The highest BCUT2D eigenvalue weighted by molar-refractivity contribution is 5.96. The minimum atomic E-state index is -1.28. The fourth-order valence-electron chi connectivity index (χ4n) is 12.2. The summed E-state index contributed by atoms with van der Waals surface area (Å²) < 4.78 is 6.49. The quantitative estimate of drug-likeness (QED) is 0.310. The first-order valence-electron chi connectivity index (χ1n) is 18.5. The van der Waals surface area contributed by atoms with Crippen molar-refractivity contribution in [1.29, 1.82) is 0 Å². The normalized spacial score (nSPS) is 42.9. The third-order valence-corrected chi connectivity index (χ3v) is 15.6. The first-order valence-corrected chi connectivity index (χ1v) is 18.5. The number of hydrogen-bond donors (Lipinski definition) is 2. The molecule has 6 nitrogen and oxygen atoms in total. The van der Waals surface area contributed by atoms with Crippen LogP contribution >= 0.6 is 0 Å². The van der Waals surface area contributed by atoms with Gasteiger partial charge in [0.2, 0.25) is 0 Å². The summed E-state index contributed by atoms with van der Waals surface area (Å²) in [6.45, 7) is 12.9. The predicted molar refractivity (Wildman–Crippen MR) is 188 cm³/mol. The predicted octanol–water partition coefficient (Wildman–Crippen LogP) is 8.73. The largest absolute Gasteiger partial charge is 0.481 e. The van der Waals surface area contributed by atoms with E-state index in [1.807, 2.05) is 66.7 Å². The first kappa shape index (κ1) is 34.2. The summed E-state index contributed by atoms with van der Waals surface area (Å²) in [4.78, 5) is 41.9. The second-order valence-electron chi connectivity index (χ2n) is 18.0. The zero-order chi connectivity index (χ0) is 35.2. The number of aliphatic hydroxyl groups is 1. The molecule has 4 saturated carbocycles. The van der Waals surface area contributed by atoms with E-state index in [1.165, 1.54) is 5.57 Å². The Morgan fingerprint density at radius 3 is 1.98 bits per heavy atom. The van der Waals surface area contributed by atoms with Crippen molar-refractivity contribution >= 4 is 17.7 Å². The zero-order valence-electron chi connectivity index (χ0n) is 30.1. The van der Waals surface area contributed by atoms with Gasteiger partial charge in [0.05, 0.1) is 16.9 Å². The van der Waals surface area contributed by atoms with Gasteiger partial charge in [-0.05, 0) is 122 Å². The summed E-state index contributed by atoms with van der Waals surface area (Å²) in [5.41, 5.74) is -0.0943. The number of rotatable bonds is 5. The standard InChI is InChI=1S/C43H54O6/c1-38-21-22-39(2,37(48)49-34(27-13-9-7-10-14-27)28-15-11-8-12-16-28)26-30(38)29-25-31(44)35-40(3)19-18-33(45)43(6,36(46)47)32(40)17-20-42(35,5)41(29,4)24-23-38/h7-16,25,30,32-35,45H,17-24,26H2,1-6H3,(H,46,47)/t30-,32+,33-,35+,38+,39-,40-,41+,42+,43-/m0/s1. The van der Waals surface area contributed by atoms with Crippen LogP contribution in [0.2, 0.25) is 0 Å². The molecule has 7 rings (SSSR count). The van der Waals surface area contributed by atoms with Crippen molar-refractivity contribution < 1.29 is 29.3 Å². The number of fused-ring (bicyclic) bond motifs is 7. The van der Waals surface area contributed by atoms with Gasteiger partial charge in [0.1, 0.15) is 0 Å². The van der Waals surface area contributed by atoms with Crippen LogP contribution in [0.15, 0.2) is 72.3 Å². The molecule has 0 aliphatic heterocycles. The lowest BCUT2D eigenvalue weighted by Gasteiger charge is -2.70. The van der Waals surface area contributed by atoms with Crippen molar-refractivity contribution in [2.45, 2.75) is 112 Å². The zero-order valence-corrected chi connectivity index (χ0v) is 30.1. The van der Waals surface area contributed by atoms with E-state index in [2.05, 4.69) is 34.6 Å². The Labute approximate surface area is 291 Å². The number of aliphatic hydroxyl groups excluding tert-OH is 1. The van der Waals surface area contributed by atoms with E-state index in [0.717, 1.165) is 43.2 Å². The second kappa shape index (κ2) is 11.4. The maximum absolute atomic E-state index is 14.7. The SMILES string of the molecule is C[C@]1(C(=O)OC(c2ccccc2)c2ccccc2)CC[C@]2(C)CC[C@]3(C)C(=CC(=O)[C@@H]4[C@@]5(C)CC[C@H](O)[C@@](C)(C(=O)O)[C@@H]5CC[C@]43C)[C@@H]2C1. The van der Waals surface area contributed by atoms with E-state index >= 15 is 0 Å². The van der Waals surface area contributed by atoms with Crippen LogP contribution in [0.5, 0.6) is 0 Å². The molecule has 0 heterocycles. The molecule has 2 aromatic rings. The van der Waals surface area contributed by atoms with E-state index in [-0.39, 0.29) is 45.8 Å². The van der Waals surface area contributed by atoms with E-state index < -0.39 is 34.4 Å². The molecular formula is C43H54O6. The lowest BCUT2D eigenvalue weighted by molar-refractivity contribution is -0.215. The van der Waals surface area contributed by atoms with Crippen LogP contribution in [0.25, 0.3) is 0 Å². The molecule has 0 saturated heterocycles. The monoisotopic (exact) mass is 666 g/mol. The van der Waals surface area contributed by atoms with Gasteiger partial charge in [0.25, 0.3) is 0 Å². The van der Waals surface area contributed by atoms with Crippen molar-refractivity contribution in [1.82, 2.24) is 0 Å². The van der Waals surface area contributed by atoms with Crippen molar-refractivity contribution in [2.24, 2.45) is 50.2 Å². The lowest BCUT2D eigenvalue weighted by atomic mass is 9.33. The Morgan fingerprint density at radius 1 is 0.796 bits per heavy atom. The third kappa shape index (κ3) is 4.78. The van der Waals surface area contributed by atoms with E-state index in [9.17, 15) is 24.6 Å². The van der Waals surface area contributed by atoms with Crippen molar-refractivity contribution in [3.63, 3.8) is 0 Å². The maximum Gasteiger partial charge on any atom is 0.312 e. The van der Waals surface area contributed by atoms with E-state index in [4.69, 9.17) is 4.74 Å². The van der Waals surface area contributed by atoms with Crippen LogP contribution in [-0.4, -0.2) is 34.0 Å². The van der Waals surface area contributed by atoms with E-state index in [0.29, 0.717) is 25.7 Å². The summed E-state index contributed by atoms with van der Waals surface area (Å²) in [5, 5.41) is 21.5. The van der Waals surface area contributed by atoms with Crippen LogP contribution in [0, 0.1) is 50.2 Å². The summed E-state index contributed by atoms with van der Waals surface area (Å²) in [7, 11) is 0. The van der Waals surface area contributed by atoms with Crippen molar-refractivity contribution in [3.8, 4) is 0 Å². The summed E-state index contributed by atoms with van der Waals surface area (Å²) in [6, 6.07) is 19.9. The number of aliphatic carboxylic acids is 1. The van der Waals surface area contributed by atoms with Gasteiger partial charge in [-0.15, -0.1) is 0 Å². The Bertz CT molecular complexity index is 1640. The van der Waals surface area contributed by atoms with Gasteiger partial charge >= 0.3 is 11.9 Å². The highest BCUT2D eigenvalue weighted by Gasteiger charge is 2.71. The topological polar surface area (TPSA) is 101 Å². The van der Waals surface area contributed by atoms with Gasteiger partial charge in [-0.1, -0.05) is 93.9 Å². The molecule has 2 aromatic carbocycles. The molecule has 0 radical (unpaired) electrons. The number of benzene rings is 2. The van der Waals surface area contributed by atoms with Crippen LogP contribution < -0.4 is 0 Å². The minimum absolute atomic E-state index is 0.0230. The van der Waals surface area contributed by atoms with Crippen LogP contribution in [0.3, 0.4) is 0 Å². The third-order valence-electron chi connectivity index (χ3n) is 15.6. The highest BCUT2D eigenvalue weighted by Crippen LogP contribution is 2.75. The van der Waals surface area contributed by atoms with Crippen molar-refractivity contribution in [2.75, 3.05) is 0 Å². The van der Waals surface area contributed by atoms with Gasteiger partial charge in [-0.2, -0.15) is 0 Å². The lowest BCUT2D eigenvalue weighted by Crippen LogP contribution is -2.68. The van der Waals surface area contributed by atoms with Gasteiger partial charge in [-0.25, -0.2) is 0 Å². The number of esters is 1. The van der Waals surface area contributed by atoms with Crippen LogP contribution in [-0.2, 0) is 19.1 Å². The first-order chi connectivity index (χ1) is 23.0. The minimum Gasteiger partial charge on any atom is -0.481 e. The molecule has 0 amide bonds. The van der Waals surface area contributed by atoms with Gasteiger partial charge in [0.15, 0.2) is 11.9 Å². The number of hydrogen-bond acceptors (Lipinski definition) is 5. The Balaban J connectivity index is 1.23. The summed E-state index contributed by atoms with van der Waals surface area (Å²) in [6.07, 6.45) is 7.22. The number of carboxylic acid groups (broad SMARTS) is 1. The molecule has 0 spiro atoms. The number of carboxylic acids is 1. The average molecular weight is 667 g/mol. The van der Waals surface area contributed by atoms with Gasteiger partial charge in [0, 0.05) is 5.92 Å². The molecule has 0 bridgehead atoms. The molecule has 0 aromatic heterocycles. The van der Waals surface area contributed by atoms with Gasteiger partial charge < -0.3 is 14.9 Å². The summed E-state index contributed by atoms with van der Waals surface area (Å²) >= 11 is 0. The number of allylic oxidation sites excluding steroid dienone is 2. The number of ketones is 1. The van der Waals surface area contributed by atoms with E-state index in [1.54, 1.807) is 6.92 Å². The Hall–Kier alpha value is -3.25. The fourth-order valence-corrected chi connectivity index (χ4v) is 12.2. The molecule has 5 aliphatic rings. The highest BCUT2D eigenvalue weighted by atomic mass is 16.5. The fraction of sp³-hybridized carbons (Fsp3) is 0.605. The summed E-state index contributed by atoms with van der Waals surface area (Å²) in [5.74, 6) is -1.58. The number of ether oxygens (including phenoxy) is 1. The van der Waals surface area contributed by atoms with Crippen molar-refractivity contribution in [3.05, 3.63) is 83.4 Å².